The van der Waals surface area contributed by atoms with Gasteiger partial charge in [0.05, 0.1) is 0 Å². The molecule has 0 radical (unpaired) electrons. The van der Waals surface area contributed by atoms with E-state index in [1.165, 1.54) is 267 Å². The van der Waals surface area contributed by atoms with Crippen molar-refractivity contribution in [2.75, 3.05) is 0 Å². The average Bonchev–Trinajstić information content (AvgIpc) is 3.19. The van der Waals surface area contributed by atoms with E-state index in [-0.39, 0.29) is 0 Å². The number of unbranched alkanes of at least 4 members (excludes halogenated alkanes) is 26. The molecular formula is C50H108O2Si3. The lowest BCUT2D eigenvalue weighted by atomic mass is 10.1. The van der Waals surface area contributed by atoms with Gasteiger partial charge in [0.25, 0.3) is 0 Å². The Bertz CT molecular complexity index is 706. The maximum Gasteiger partial charge on any atom is 0.317 e. The summed E-state index contributed by atoms with van der Waals surface area (Å²) in [7, 11) is -6.48. The van der Waals surface area contributed by atoms with Gasteiger partial charge in [0.15, 0.2) is 16.6 Å². The molecule has 2 nitrogen and oxygen atoms in total. The molecule has 0 saturated carbocycles. The Morgan fingerprint density at radius 3 is 0.582 bits per heavy atom. The molecule has 0 N–H and O–H groups in total. The second-order valence-corrected chi connectivity index (χ2v) is 30.9. The molecule has 0 bridgehead atoms. The molecule has 0 heterocycles. The average molecular weight is 826 g/mol. The van der Waals surface area contributed by atoms with Crippen molar-refractivity contribution in [3.05, 3.63) is 0 Å². The van der Waals surface area contributed by atoms with E-state index >= 15 is 0 Å². The van der Waals surface area contributed by atoms with Crippen LogP contribution in [0.1, 0.15) is 274 Å². The first-order chi connectivity index (χ1) is 26.9. The van der Waals surface area contributed by atoms with Gasteiger partial charge in [0, 0.05) is 0 Å². The predicted octanol–water partition coefficient (Wildman–Crippen LogP) is 19.8. The summed E-state index contributed by atoms with van der Waals surface area (Å²) in [4.78, 5) is 0. The maximum absolute atomic E-state index is 8.60. The fourth-order valence-electron chi connectivity index (χ4n) is 9.43. The van der Waals surface area contributed by atoms with Crippen molar-refractivity contribution in [2.24, 2.45) is 0 Å². The second kappa shape index (κ2) is 40.0. The summed E-state index contributed by atoms with van der Waals surface area (Å²) in [5.41, 5.74) is 0. The Morgan fingerprint density at radius 2 is 0.364 bits per heavy atom. The standard InChI is InChI=1S/C50H108O2Si3/c1-9-17-25-33-34-40-48-54(46-38-29-21-13-5,47-39-30-22-14-6)52-55(49-41-31-23-15-7,50-42-32-24-16-8)51-53(43-35-26-18-10-2,44-36-27-19-11-3)45-37-28-20-12-4/h9-50H2,1-8H3. The molecule has 0 rings (SSSR count). The Morgan fingerprint density at radius 1 is 0.200 bits per heavy atom. The van der Waals surface area contributed by atoms with E-state index in [9.17, 15) is 0 Å². The molecule has 0 aromatic rings. The van der Waals surface area contributed by atoms with Crippen LogP contribution in [-0.4, -0.2) is 25.2 Å². The Labute approximate surface area is 353 Å². The molecule has 0 aromatic heterocycles. The first-order valence-electron chi connectivity index (χ1n) is 26.3. The van der Waals surface area contributed by atoms with Crippen LogP contribution in [0.25, 0.3) is 0 Å². The molecule has 0 saturated heterocycles. The van der Waals surface area contributed by atoms with Gasteiger partial charge in [-0.25, -0.2) is 0 Å². The molecule has 0 aliphatic rings. The molecule has 0 amide bonds. The Kier molecular flexibility index (Phi) is 40.4. The quantitative estimate of drug-likeness (QED) is 0.0450. The van der Waals surface area contributed by atoms with Gasteiger partial charge in [-0.3, -0.25) is 0 Å². The van der Waals surface area contributed by atoms with Crippen LogP contribution < -0.4 is 0 Å². The lowest BCUT2D eigenvalue weighted by Crippen LogP contribution is -2.59. The molecule has 0 aliphatic carbocycles. The van der Waals surface area contributed by atoms with E-state index in [1.54, 1.807) is 0 Å². The van der Waals surface area contributed by atoms with Gasteiger partial charge < -0.3 is 8.23 Å². The second-order valence-electron chi connectivity index (χ2n) is 18.7. The largest absolute Gasteiger partial charge is 0.436 e. The summed E-state index contributed by atoms with van der Waals surface area (Å²) in [6.07, 6.45) is 47.1. The topological polar surface area (TPSA) is 18.5 Å². The first kappa shape index (κ1) is 55.6. The van der Waals surface area contributed by atoms with E-state index in [2.05, 4.69) is 55.4 Å². The number of rotatable bonds is 46. The summed E-state index contributed by atoms with van der Waals surface area (Å²) in [6, 6.07) is 11.2. The number of hydrogen-bond acceptors (Lipinski definition) is 2. The van der Waals surface area contributed by atoms with E-state index in [4.69, 9.17) is 8.23 Å². The summed E-state index contributed by atoms with van der Waals surface area (Å²) in [6.45, 7) is 19.1. The third kappa shape index (κ3) is 30.3. The predicted molar refractivity (Wildman–Crippen MR) is 260 cm³/mol. The third-order valence-corrected chi connectivity index (χ3v) is 29.3. The van der Waals surface area contributed by atoms with Crippen LogP contribution in [-0.2, 0) is 8.23 Å². The fraction of sp³-hybridized carbons (Fsp3) is 1.00. The smallest absolute Gasteiger partial charge is 0.317 e. The van der Waals surface area contributed by atoms with Crippen molar-refractivity contribution in [3.8, 4) is 0 Å². The highest BCUT2D eigenvalue weighted by Gasteiger charge is 2.50. The molecule has 0 atom stereocenters. The molecule has 332 valence electrons. The minimum absolute atomic E-state index is 1.31. The molecule has 0 aromatic carbocycles. The normalized spacial score (nSPS) is 12.7. The van der Waals surface area contributed by atoms with Crippen molar-refractivity contribution < 1.29 is 8.23 Å². The van der Waals surface area contributed by atoms with E-state index < -0.39 is 25.2 Å². The Hall–Kier alpha value is 0.571. The lowest BCUT2D eigenvalue weighted by molar-refractivity contribution is 0.340. The highest BCUT2D eigenvalue weighted by molar-refractivity contribution is 6.90. The van der Waals surface area contributed by atoms with Gasteiger partial charge >= 0.3 is 8.56 Å². The molecular weight excluding hydrogens is 717 g/mol. The van der Waals surface area contributed by atoms with Gasteiger partial charge in [-0.2, -0.15) is 0 Å². The van der Waals surface area contributed by atoms with Crippen molar-refractivity contribution in [1.82, 2.24) is 0 Å². The first-order valence-corrected chi connectivity index (χ1v) is 33.6. The third-order valence-electron chi connectivity index (χ3n) is 13.0. The molecule has 0 aliphatic heterocycles. The van der Waals surface area contributed by atoms with Crippen LogP contribution in [0.5, 0.6) is 0 Å². The highest BCUT2D eigenvalue weighted by atomic mass is 28.5. The van der Waals surface area contributed by atoms with Gasteiger partial charge in [0.1, 0.15) is 0 Å². The van der Waals surface area contributed by atoms with Crippen LogP contribution in [0.15, 0.2) is 0 Å². The van der Waals surface area contributed by atoms with Crippen LogP contribution in [0, 0.1) is 0 Å². The minimum atomic E-state index is -2.47. The van der Waals surface area contributed by atoms with E-state index in [0.29, 0.717) is 0 Å². The zero-order valence-electron chi connectivity index (χ0n) is 40.0. The van der Waals surface area contributed by atoms with Crippen LogP contribution in [0.2, 0.25) is 48.4 Å². The lowest BCUT2D eigenvalue weighted by Gasteiger charge is -2.48. The van der Waals surface area contributed by atoms with Crippen molar-refractivity contribution in [1.29, 1.82) is 0 Å². The van der Waals surface area contributed by atoms with Gasteiger partial charge in [0.2, 0.25) is 0 Å². The van der Waals surface area contributed by atoms with Gasteiger partial charge in [-0.15, -0.1) is 0 Å². The highest BCUT2D eigenvalue weighted by Crippen LogP contribution is 2.42. The van der Waals surface area contributed by atoms with Crippen LogP contribution in [0.3, 0.4) is 0 Å². The van der Waals surface area contributed by atoms with Crippen LogP contribution >= 0.6 is 0 Å². The minimum Gasteiger partial charge on any atom is -0.436 e. The molecule has 5 heteroatoms. The van der Waals surface area contributed by atoms with Gasteiger partial charge in [-0.1, -0.05) is 274 Å². The number of hydrogen-bond donors (Lipinski definition) is 0. The summed E-state index contributed by atoms with van der Waals surface area (Å²) >= 11 is 0. The zero-order chi connectivity index (χ0) is 40.6. The molecule has 0 unspecified atom stereocenters. The fourth-order valence-corrected chi connectivity index (χ4v) is 29.1. The summed E-state index contributed by atoms with van der Waals surface area (Å²) in [5, 5.41) is 0. The van der Waals surface area contributed by atoms with Crippen LogP contribution in [0.4, 0.5) is 0 Å². The Balaban J connectivity index is 7.34. The SMILES string of the molecule is CCCCCCCC[Si](CCCCCC)(CCCCCC)O[Si](CCCCCC)(CCCCCC)O[Si](CCCCCC)(CCCCCC)CCCCCC. The van der Waals surface area contributed by atoms with E-state index in [0.717, 1.165) is 0 Å². The van der Waals surface area contributed by atoms with E-state index in [1.807, 2.05) is 0 Å². The zero-order valence-corrected chi connectivity index (χ0v) is 43.0. The molecule has 0 fully saturated rings. The monoisotopic (exact) mass is 825 g/mol. The van der Waals surface area contributed by atoms with Crippen molar-refractivity contribution >= 4 is 25.2 Å². The molecule has 55 heavy (non-hydrogen) atoms. The maximum atomic E-state index is 8.60. The van der Waals surface area contributed by atoms with Gasteiger partial charge in [-0.05, 0) is 48.4 Å². The summed E-state index contributed by atoms with van der Waals surface area (Å²) in [5.74, 6) is 0. The molecule has 0 spiro atoms. The van der Waals surface area contributed by atoms with Crippen molar-refractivity contribution in [3.63, 3.8) is 0 Å². The van der Waals surface area contributed by atoms with Crippen molar-refractivity contribution in [2.45, 2.75) is 322 Å². The summed E-state index contributed by atoms with van der Waals surface area (Å²) < 4.78 is 17.2.